The number of nitrogens with zero attached hydrogens (tertiary/aromatic N) is 2. The predicted octanol–water partition coefficient (Wildman–Crippen LogP) is 2.10. The molecule has 1 aromatic carbocycles. The summed E-state index contributed by atoms with van der Waals surface area (Å²) in [6, 6.07) is 8.88. The number of hydrogen-bond acceptors (Lipinski definition) is 5. The number of fused-ring (bicyclic) bond motifs is 1. The smallest absolute Gasteiger partial charge is 0.188 e. The van der Waals surface area contributed by atoms with E-state index in [4.69, 9.17) is 0 Å². The lowest BCUT2D eigenvalue weighted by molar-refractivity contribution is 0.600. The molecule has 4 nitrogen and oxygen atoms in total. The highest BCUT2D eigenvalue weighted by Gasteiger charge is 2.35. The molecule has 2 heterocycles. The number of rotatable bonds is 2. The van der Waals surface area contributed by atoms with E-state index in [1.807, 2.05) is 12.1 Å². The molecule has 3 rings (SSSR count). The molecule has 1 aliphatic heterocycles. The molecule has 0 N–H and O–H groups in total. The summed E-state index contributed by atoms with van der Waals surface area (Å²) in [6.45, 7) is 0. The first-order valence-corrected chi connectivity index (χ1v) is 7.95. The van der Waals surface area contributed by atoms with E-state index in [0.29, 0.717) is 10.1 Å². The van der Waals surface area contributed by atoms with Crippen LogP contribution in [0.3, 0.4) is 0 Å². The summed E-state index contributed by atoms with van der Waals surface area (Å²) in [5, 5.41) is 0.489. The maximum atomic E-state index is 12.0. The fourth-order valence-electron chi connectivity index (χ4n) is 1.98. The highest BCUT2D eigenvalue weighted by Crippen LogP contribution is 2.43. The average molecular weight is 278 g/mol. The van der Waals surface area contributed by atoms with Crippen LogP contribution < -0.4 is 0 Å². The van der Waals surface area contributed by atoms with E-state index in [9.17, 15) is 8.42 Å². The van der Waals surface area contributed by atoms with Crippen molar-refractivity contribution in [1.82, 2.24) is 9.97 Å². The maximum Gasteiger partial charge on any atom is 0.188 e. The Kier molecular flexibility index (Phi) is 2.83. The Morgan fingerprint density at radius 3 is 2.61 bits per heavy atom. The quantitative estimate of drug-likeness (QED) is 0.787. The van der Waals surface area contributed by atoms with E-state index in [2.05, 4.69) is 9.97 Å². The van der Waals surface area contributed by atoms with Crippen molar-refractivity contribution in [1.29, 1.82) is 0 Å². The van der Waals surface area contributed by atoms with E-state index in [0.717, 1.165) is 5.56 Å². The van der Waals surface area contributed by atoms with Crippen LogP contribution >= 0.6 is 11.8 Å². The van der Waals surface area contributed by atoms with Gasteiger partial charge >= 0.3 is 0 Å². The lowest BCUT2D eigenvalue weighted by Gasteiger charge is -2.07. The molecule has 18 heavy (non-hydrogen) atoms. The fourth-order valence-corrected chi connectivity index (χ4v) is 5.31. The van der Waals surface area contributed by atoms with Crippen molar-refractivity contribution in [2.75, 3.05) is 5.75 Å². The van der Waals surface area contributed by atoms with Crippen molar-refractivity contribution in [3.63, 3.8) is 0 Å². The highest BCUT2D eigenvalue weighted by molar-refractivity contribution is 8.01. The van der Waals surface area contributed by atoms with Gasteiger partial charge in [0.15, 0.2) is 15.0 Å². The zero-order valence-electron chi connectivity index (χ0n) is 9.35. The van der Waals surface area contributed by atoms with Gasteiger partial charge in [0, 0.05) is 12.4 Å². The van der Waals surface area contributed by atoms with Crippen LogP contribution in [0.4, 0.5) is 0 Å². The lowest BCUT2D eigenvalue weighted by atomic mass is 10.2. The molecule has 92 valence electrons. The van der Waals surface area contributed by atoms with Gasteiger partial charge < -0.3 is 0 Å². The van der Waals surface area contributed by atoms with Gasteiger partial charge in [0.1, 0.15) is 0 Å². The van der Waals surface area contributed by atoms with Gasteiger partial charge in [-0.1, -0.05) is 30.0 Å². The Morgan fingerprint density at radius 1 is 1.11 bits per heavy atom. The van der Waals surface area contributed by atoms with Crippen molar-refractivity contribution >= 4 is 21.6 Å². The number of benzene rings is 1. The molecule has 0 saturated carbocycles. The molecule has 0 radical (unpaired) electrons. The zero-order chi connectivity index (χ0) is 12.6. The third-order valence-electron chi connectivity index (χ3n) is 2.76. The summed E-state index contributed by atoms with van der Waals surface area (Å²) in [6.07, 6.45) is 3.31. The monoisotopic (exact) mass is 278 g/mol. The second-order valence-corrected chi connectivity index (χ2v) is 7.13. The van der Waals surface area contributed by atoms with Crippen molar-refractivity contribution in [3.05, 3.63) is 48.3 Å². The first-order valence-electron chi connectivity index (χ1n) is 5.42. The van der Waals surface area contributed by atoms with Crippen LogP contribution in [0.5, 0.6) is 0 Å². The second-order valence-electron chi connectivity index (χ2n) is 3.96. The highest BCUT2D eigenvalue weighted by atomic mass is 32.2. The summed E-state index contributed by atoms with van der Waals surface area (Å²) >= 11 is 1.39. The first-order chi connectivity index (χ1) is 8.67. The van der Waals surface area contributed by atoms with Crippen molar-refractivity contribution in [2.24, 2.45) is 0 Å². The van der Waals surface area contributed by atoms with Crippen LogP contribution in [0.15, 0.2) is 52.8 Å². The van der Waals surface area contributed by atoms with Crippen molar-refractivity contribution < 1.29 is 8.42 Å². The SMILES string of the molecule is O=S1(=O)CC(Sc2ncccn2)c2ccccc21. The Bertz CT molecular complexity index is 671. The minimum atomic E-state index is -3.15. The van der Waals surface area contributed by atoms with Gasteiger partial charge in [-0.25, -0.2) is 18.4 Å². The lowest BCUT2D eigenvalue weighted by Crippen LogP contribution is -2.01. The minimum Gasteiger partial charge on any atom is -0.231 e. The number of thioether (sulfide) groups is 1. The summed E-state index contributed by atoms with van der Waals surface area (Å²) < 4.78 is 24.0. The van der Waals surface area contributed by atoms with E-state index in [-0.39, 0.29) is 11.0 Å². The van der Waals surface area contributed by atoms with Gasteiger partial charge in [0.2, 0.25) is 0 Å². The van der Waals surface area contributed by atoms with Gasteiger partial charge in [0.25, 0.3) is 0 Å². The second kappa shape index (κ2) is 4.37. The van der Waals surface area contributed by atoms with Crippen molar-refractivity contribution in [2.45, 2.75) is 15.3 Å². The summed E-state index contributed by atoms with van der Waals surface area (Å²) in [7, 11) is -3.15. The van der Waals surface area contributed by atoms with E-state index in [1.54, 1.807) is 30.6 Å². The summed E-state index contributed by atoms with van der Waals surface area (Å²) in [5.41, 5.74) is 0.856. The van der Waals surface area contributed by atoms with Crippen LogP contribution in [-0.4, -0.2) is 24.1 Å². The third-order valence-corrected chi connectivity index (χ3v) is 5.91. The molecule has 0 amide bonds. The molecule has 0 saturated heterocycles. The van der Waals surface area contributed by atoms with Crippen molar-refractivity contribution in [3.8, 4) is 0 Å². The van der Waals surface area contributed by atoms with Gasteiger partial charge in [-0.15, -0.1) is 0 Å². The third kappa shape index (κ3) is 2.02. The minimum absolute atomic E-state index is 0.117. The predicted molar refractivity (Wildman–Crippen MR) is 69.1 cm³/mol. The summed E-state index contributed by atoms with van der Waals surface area (Å²) in [5.74, 6) is 0.120. The molecule has 1 aliphatic rings. The normalized spacial score (nSPS) is 20.6. The van der Waals surface area contributed by atoms with Crippen LogP contribution in [0.1, 0.15) is 10.8 Å². The topological polar surface area (TPSA) is 59.9 Å². The molecule has 6 heteroatoms. The zero-order valence-corrected chi connectivity index (χ0v) is 11.0. The standard InChI is InChI=1S/C12H10N2O2S2/c15-18(16)8-10(9-4-1-2-5-11(9)18)17-12-13-6-3-7-14-12/h1-7,10H,8H2. The largest absolute Gasteiger partial charge is 0.231 e. The fraction of sp³-hybridized carbons (Fsp3) is 0.167. The molecule has 2 aromatic rings. The van der Waals surface area contributed by atoms with E-state index in [1.165, 1.54) is 11.8 Å². The molecular formula is C12H10N2O2S2. The number of sulfone groups is 1. The molecule has 1 atom stereocenters. The van der Waals surface area contributed by atoms with Gasteiger partial charge in [0.05, 0.1) is 15.9 Å². The molecule has 0 bridgehead atoms. The van der Waals surface area contributed by atoms with Crippen LogP contribution in [0.2, 0.25) is 0 Å². The Morgan fingerprint density at radius 2 is 1.83 bits per heavy atom. The first kappa shape index (κ1) is 11.7. The van der Waals surface area contributed by atoms with Crippen LogP contribution in [0, 0.1) is 0 Å². The Labute approximate surface area is 109 Å². The number of hydrogen-bond donors (Lipinski definition) is 0. The molecule has 0 spiro atoms. The Balaban J connectivity index is 1.97. The average Bonchev–Trinajstić information content (AvgIpc) is 2.63. The molecular weight excluding hydrogens is 268 g/mol. The molecule has 1 aromatic heterocycles. The van der Waals surface area contributed by atoms with E-state index < -0.39 is 9.84 Å². The summed E-state index contributed by atoms with van der Waals surface area (Å²) in [4.78, 5) is 8.68. The number of aromatic nitrogens is 2. The van der Waals surface area contributed by atoms with Crippen LogP contribution in [0.25, 0.3) is 0 Å². The van der Waals surface area contributed by atoms with Gasteiger partial charge in [-0.05, 0) is 17.7 Å². The van der Waals surface area contributed by atoms with Crippen LogP contribution in [-0.2, 0) is 9.84 Å². The van der Waals surface area contributed by atoms with Gasteiger partial charge in [-0.3, -0.25) is 0 Å². The van der Waals surface area contributed by atoms with Gasteiger partial charge in [-0.2, -0.15) is 0 Å². The molecule has 1 unspecified atom stereocenters. The molecule has 0 fully saturated rings. The Hall–Kier alpha value is -1.40. The molecule has 0 aliphatic carbocycles. The van der Waals surface area contributed by atoms with E-state index >= 15 is 0 Å². The maximum absolute atomic E-state index is 12.0.